The van der Waals surface area contributed by atoms with E-state index in [0.29, 0.717) is 24.7 Å². The van der Waals surface area contributed by atoms with E-state index in [0.717, 1.165) is 28.5 Å². The van der Waals surface area contributed by atoms with Crippen LogP contribution in [0.2, 0.25) is 0 Å². The zero-order valence-corrected chi connectivity index (χ0v) is 22.4. The SMILES string of the molecule is O=C(Cc1cccc2ccccc12)N[C@@H](NC(=S)N1C[C@H]2C[C@H](C1)c1cccc(=O)n1C2)C(Cl)(Cl)Cl. The van der Waals surface area contributed by atoms with Crippen LogP contribution in [0.15, 0.2) is 65.5 Å². The Bertz CT molecular complexity index is 1370. The first-order valence-electron chi connectivity index (χ1n) is 11.8. The van der Waals surface area contributed by atoms with Crippen molar-refractivity contribution in [3.05, 3.63) is 82.3 Å². The normalized spacial score (nSPS) is 19.9. The number of aromatic nitrogens is 1. The van der Waals surface area contributed by atoms with Gasteiger partial charge in [-0.1, -0.05) is 83.3 Å². The molecule has 3 heterocycles. The molecule has 2 aliphatic heterocycles. The minimum absolute atomic E-state index is 0.0292. The van der Waals surface area contributed by atoms with Gasteiger partial charge < -0.3 is 20.1 Å². The quantitative estimate of drug-likeness (QED) is 0.281. The molecule has 1 saturated heterocycles. The van der Waals surface area contributed by atoms with Crippen molar-refractivity contribution >= 4 is 68.8 Å². The Morgan fingerprint density at radius 3 is 2.56 bits per heavy atom. The second-order valence-electron chi connectivity index (χ2n) is 9.41. The molecule has 188 valence electrons. The van der Waals surface area contributed by atoms with Crippen molar-refractivity contribution in [3.8, 4) is 0 Å². The van der Waals surface area contributed by atoms with E-state index in [1.807, 2.05) is 58.0 Å². The summed E-state index contributed by atoms with van der Waals surface area (Å²) in [6.07, 6.45) is 0.110. The third-order valence-electron chi connectivity index (χ3n) is 6.90. The van der Waals surface area contributed by atoms with Crippen LogP contribution in [0.4, 0.5) is 0 Å². The van der Waals surface area contributed by atoms with Gasteiger partial charge in [0.05, 0.1) is 6.42 Å². The molecule has 0 aliphatic carbocycles. The van der Waals surface area contributed by atoms with Gasteiger partial charge in [0.2, 0.25) is 9.70 Å². The number of pyridine rings is 1. The molecule has 1 aromatic heterocycles. The van der Waals surface area contributed by atoms with Crippen molar-refractivity contribution in [2.24, 2.45) is 5.92 Å². The standard InChI is InChI=1S/C26H25Cl3N4O2S/c27-26(28,29)24(30-22(34)12-18-7-3-6-17-5-1-2-8-20(17)18)31-25(36)32-13-16-11-19(15-32)21-9-4-10-23(35)33(21)14-16/h1-10,16,19,24H,11-15H2,(H,30,34)(H,31,36)/t16-,19-,24+/m1/s1. The second kappa shape index (κ2) is 10.2. The van der Waals surface area contributed by atoms with Crippen LogP contribution in [-0.4, -0.2) is 43.5 Å². The van der Waals surface area contributed by atoms with Crippen LogP contribution in [0.5, 0.6) is 0 Å². The van der Waals surface area contributed by atoms with E-state index in [1.165, 1.54) is 0 Å². The molecule has 6 nitrogen and oxygen atoms in total. The lowest BCUT2D eigenvalue weighted by molar-refractivity contribution is -0.121. The van der Waals surface area contributed by atoms with Gasteiger partial charge in [-0.25, -0.2) is 0 Å². The van der Waals surface area contributed by atoms with E-state index in [2.05, 4.69) is 10.6 Å². The zero-order valence-electron chi connectivity index (χ0n) is 19.3. The largest absolute Gasteiger partial charge is 0.348 e. The summed E-state index contributed by atoms with van der Waals surface area (Å²) < 4.78 is 0.0360. The molecule has 2 N–H and O–H groups in total. The number of fused-ring (bicyclic) bond motifs is 5. The first-order chi connectivity index (χ1) is 17.2. The van der Waals surface area contributed by atoms with E-state index in [9.17, 15) is 9.59 Å². The molecule has 0 spiro atoms. The number of thiocarbonyl (C=S) groups is 1. The Balaban J connectivity index is 1.27. The predicted molar refractivity (Wildman–Crippen MR) is 149 cm³/mol. The van der Waals surface area contributed by atoms with Crippen LogP contribution in [0.25, 0.3) is 10.8 Å². The van der Waals surface area contributed by atoms with Gasteiger partial charge in [-0.2, -0.15) is 0 Å². The van der Waals surface area contributed by atoms with Gasteiger partial charge in [0, 0.05) is 37.3 Å². The van der Waals surface area contributed by atoms with Crippen molar-refractivity contribution in [3.63, 3.8) is 0 Å². The number of rotatable bonds is 4. The number of piperidine rings is 1. The molecule has 0 saturated carbocycles. The molecule has 10 heteroatoms. The molecule has 5 rings (SSSR count). The molecular formula is C26H25Cl3N4O2S. The van der Waals surface area contributed by atoms with Gasteiger partial charge in [-0.3, -0.25) is 9.59 Å². The van der Waals surface area contributed by atoms with E-state index < -0.39 is 9.96 Å². The molecule has 2 aromatic carbocycles. The van der Waals surface area contributed by atoms with Gasteiger partial charge in [0.15, 0.2) is 5.11 Å². The maximum Gasteiger partial charge on any atom is 0.250 e. The van der Waals surface area contributed by atoms with Crippen LogP contribution in [0.3, 0.4) is 0 Å². The number of nitrogens with zero attached hydrogens (tertiary/aromatic N) is 2. The highest BCUT2D eigenvalue weighted by molar-refractivity contribution is 7.80. The summed E-state index contributed by atoms with van der Waals surface area (Å²) in [5.41, 5.74) is 1.93. The maximum atomic E-state index is 13.0. The zero-order chi connectivity index (χ0) is 25.4. The first kappa shape index (κ1) is 25.3. The number of benzene rings is 2. The van der Waals surface area contributed by atoms with Crippen molar-refractivity contribution < 1.29 is 4.79 Å². The van der Waals surface area contributed by atoms with E-state index in [1.54, 1.807) is 12.1 Å². The molecule has 2 aliphatic rings. The summed E-state index contributed by atoms with van der Waals surface area (Å²) >= 11 is 24.4. The lowest BCUT2D eigenvalue weighted by Gasteiger charge is -2.44. The lowest BCUT2D eigenvalue weighted by atomic mass is 9.83. The third kappa shape index (κ3) is 5.35. The molecule has 1 fully saturated rings. The van der Waals surface area contributed by atoms with Gasteiger partial charge in [0.1, 0.15) is 6.17 Å². The van der Waals surface area contributed by atoms with Gasteiger partial charge in [0.25, 0.3) is 5.56 Å². The summed E-state index contributed by atoms with van der Waals surface area (Å²) in [4.78, 5) is 27.3. The van der Waals surface area contributed by atoms with Crippen molar-refractivity contribution in [1.82, 2.24) is 20.1 Å². The van der Waals surface area contributed by atoms with E-state index >= 15 is 0 Å². The summed E-state index contributed by atoms with van der Waals surface area (Å²) in [6, 6.07) is 19.1. The number of carbonyl (C=O) groups excluding carboxylic acids is 1. The van der Waals surface area contributed by atoms with Crippen molar-refractivity contribution in [1.29, 1.82) is 0 Å². The highest BCUT2D eigenvalue weighted by atomic mass is 35.6. The molecule has 36 heavy (non-hydrogen) atoms. The third-order valence-corrected chi connectivity index (χ3v) is 7.93. The molecule has 0 radical (unpaired) electrons. The number of likely N-dealkylation sites (tertiary alicyclic amines) is 1. The summed E-state index contributed by atoms with van der Waals surface area (Å²) in [7, 11) is 0. The van der Waals surface area contributed by atoms with Crippen LogP contribution in [0, 0.1) is 5.92 Å². The maximum absolute atomic E-state index is 13.0. The highest BCUT2D eigenvalue weighted by Crippen LogP contribution is 2.35. The van der Waals surface area contributed by atoms with Crippen molar-refractivity contribution in [2.45, 2.75) is 35.3 Å². The second-order valence-corrected chi connectivity index (χ2v) is 12.2. The van der Waals surface area contributed by atoms with Gasteiger partial charge in [-0.15, -0.1) is 0 Å². The van der Waals surface area contributed by atoms with Crippen molar-refractivity contribution in [2.75, 3.05) is 13.1 Å². The Labute approximate surface area is 229 Å². The fourth-order valence-electron chi connectivity index (χ4n) is 5.31. The fraction of sp³-hybridized carbons (Fsp3) is 0.346. The summed E-state index contributed by atoms with van der Waals surface area (Å²) in [5.74, 6) is 0.170. The number of alkyl halides is 3. The minimum atomic E-state index is -1.83. The van der Waals surface area contributed by atoms with Crippen LogP contribution < -0.4 is 16.2 Å². The smallest absolute Gasteiger partial charge is 0.250 e. The predicted octanol–water partition coefficient (Wildman–Crippen LogP) is 4.35. The number of carbonyl (C=O) groups is 1. The Kier molecular flexibility index (Phi) is 7.18. The molecular weight excluding hydrogens is 539 g/mol. The monoisotopic (exact) mass is 562 g/mol. The van der Waals surface area contributed by atoms with Crippen LogP contribution in [-0.2, 0) is 17.8 Å². The van der Waals surface area contributed by atoms with Crippen LogP contribution >= 0.6 is 47.0 Å². The Hall–Kier alpha value is -2.32. The Morgan fingerprint density at radius 1 is 1.00 bits per heavy atom. The summed E-state index contributed by atoms with van der Waals surface area (Å²) in [5, 5.41) is 8.33. The average Bonchev–Trinajstić information content (AvgIpc) is 2.84. The molecule has 2 bridgehead atoms. The number of hydrogen-bond donors (Lipinski definition) is 2. The topological polar surface area (TPSA) is 66.4 Å². The molecule has 3 atom stereocenters. The lowest BCUT2D eigenvalue weighted by Crippen LogP contribution is -2.60. The van der Waals surface area contributed by atoms with E-state index in [4.69, 9.17) is 47.0 Å². The average molecular weight is 564 g/mol. The number of nitrogens with one attached hydrogen (secondary N) is 2. The Morgan fingerprint density at radius 2 is 1.75 bits per heavy atom. The van der Waals surface area contributed by atoms with E-state index in [-0.39, 0.29) is 29.7 Å². The minimum Gasteiger partial charge on any atom is -0.348 e. The molecule has 3 aromatic rings. The fourth-order valence-corrected chi connectivity index (χ4v) is 5.90. The molecule has 1 amide bonds. The van der Waals surface area contributed by atoms with Gasteiger partial charge in [-0.05, 0) is 47.0 Å². The summed E-state index contributed by atoms with van der Waals surface area (Å²) in [6.45, 7) is 1.97. The number of halogens is 3. The molecule has 0 unspecified atom stereocenters. The number of hydrogen-bond acceptors (Lipinski definition) is 3. The number of amides is 1. The first-order valence-corrected chi connectivity index (χ1v) is 13.3. The van der Waals surface area contributed by atoms with Crippen LogP contribution in [0.1, 0.15) is 23.6 Å². The van der Waals surface area contributed by atoms with Gasteiger partial charge >= 0.3 is 0 Å². The highest BCUT2D eigenvalue weighted by Gasteiger charge is 2.38.